The molecule has 0 radical (unpaired) electrons. The highest BCUT2D eigenvalue weighted by Crippen LogP contribution is 2.40. The van der Waals surface area contributed by atoms with Crippen molar-refractivity contribution in [1.29, 1.82) is 0 Å². The largest absolute Gasteiger partial charge is 0.393 e. The monoisotopic (exact) mass is 490 g/mol. The van der Waals surface area contributed by atoms with Crippen molar-refractivity contribution in [2.75, 3.05) is 13.2 Å². The molecule has 1 N–H and O–H groups in total. The highest BCUT2D eigenvalue weighted by atomic mass is 19.1. The molecule has 1 atom stereocenters. The van der Waals surface area contributed by atoms with Gasteiger partial charge in [0.15, 0.2) is 0 Å². The van der Waals surface area contributed by atoms with E-state index in [1.54, 1.807) is 6.07 Å². The highest BCUT2D eigenvalue weighted by Gasteiger charge is 2.25. The maximum Gasteiger partial charge on any atom is 0.126 e. The van der Waals surface area contributed by atoms with E-state index in [0.29, 0.717) is 11.8 Å². The zero-order chi connectivity index (χ0) is 24.9. The quantitative estimate of drug-likeness (QED) is 0.421. The number of halogens is 1. The van der Waals surface area contributed by atoms with Crippen LogP contribution in [0.4, 0.5) is 4.39 Å². The lowest BCUT2D eigenvalue weighted by Gasteiger charge is -2.29. The predicted molar refractivity (Wildman–Crippen MR) is 146 cm³/mol. The lowest BCUT2D eigenvalue weighted by Crippen LogP contribution is -2.18. The molecule has 0 amide bonds. The molecule has 2 aromatic carbocycles. The van der Waals surface area contributed by atoms with Crippen molar-refractivity contribution in [3.63, 3.8) is 0 Å². The fraction of sp³-hybridized carbons (Fsp3) is 0.576. The first-order valence-corrected chi connectivity index (χ1v) is 14.4. The van der Waals surface area contributed by atoms with E-state index in [-0.39, 0.29) is 17.8 Å². The molecule has 1 unspecified atom stereocenters. The Morgan fingerprint density at radius 2 is 1.50 bits per heavy atom. The number of allylic oxidation sites excluding steroid dienone is 2. The van der Waals surface area contributed by atoms with Crippen molar-refractivity contribution in [3.8, 4) is 0 Å². The van der Waals surface area contributed by atoms with E-state index in [0.717, 1.165) is 75.2 Å². The number of aliphatic hydroxyl groups excluding tert-OH is 1. The van der Waals surface area contributed by atoms with Crippen LogP contribution in [-0.2, 0) is 4.74 Å². The van der Waals surface area contributed by atoms with E-state index < -0.39 is 0 Å². The highest BCUT2D eigenvalue weighted by molar-refractivity contribution is 5.67. The minimum absolute atomic E-state index is 0.0498. The van der Waals surface area contributed by atoms with Crippen LogP contribution in [0, 0.1) is 11.7 Å². The summed E-state index contributed by atoms with van der Waals surface area (Å²) in [6, 6.07) is 15.3. The van der Waals surface area contributed by atoms with Gasteiger partial charge in [-0.2, -0.15) is 0 Å². The molecule has 3 aliphatic rings. The summed E-state index contributed by atoms with van der Waals surface area (Å²) in [5, 5.41) is 9.76. The minimum Gasteiger partial charge on any atom is -0.393 e. The average Bonchev–Trinajstić information content (AvgIpc) is 2.93. The second kappa shape index (κ2) is 12.0. The van der Waals surface area contributed by atoms with Crippen LogP contribution in [0.25, 0.3) is 5.57 Å². The fourth-order valence-corrected chi connectivity index (χ4v) is 6.83. The van der Waals surface area contributed by atoms with Gasteiger partial charge >= 0.3 is 0 Å². The lowest BCUT2D eigenvalue weighted by molar-refractivity contribution is 0.0920. The number of benzene rings is 2. The van der Waals surface area contributed by atoms with Crippen molar-refractivity contribution in [2.24, 2.45) is 5.92 Å². The van der Waals surface area contributed by atoms with E-state index in [2.05, 4.69) is 43.3 Å². The average molecular weight is 491 g/mol. The summed E-state index contributed by atoms with van der Waals surface area (Å²) >= 11 is 0. The molecule has 0 aromatic heterocycles. The van der Waals surface area contributed by atoms with Gasteiger partial charge in [-0.3, -0.25) is 0 Å². The van der Waals surface area contributed by atoms with Crippen LogP contribution in [0.5, 0.6) is 0 Å². The standard InChI is InChI=1S/C33H43FO2/c1-2-36-22-23-3-5-24(6-4-23)25-7-9-26(10-8-25)27-11-13-28(14-12-27)30-17-20-32(33(34)21-30)29-15-18-31(35)19-16-29/h7-11,17,20-21,23-24,28-29,31,35H,2-6,12-16,18-19,22H2,1H3. The molecule has 0 saturated heterocycles. The number of hydrogen-bond donors (Lipinski definition) is 1. The van der Waals surface area contributed by atoms with Gasteiger partial charge in [-0.1, -0.05) is 42.5 Å². The molecule has 2 fully saturated rings. The zero-order valence-electron chi connectivity index (χ0n) is 21.9. The second-order valence-electron chi connectivity index (χ2n) is 11.5. The van der Waals surface area contributed by atoms with Crippen LogP contribution in [0.1, 0.15) is 118 Å². The van der Waals surface area contributed by atoms with Gasteiger partial charge in [-0.15, -0.1) is 0 Å². The van der Waals surface area contributed by atoms with Crippen molar-refractivity contribution in [1.82, 2.24) is 0 Å². The van der Waals surface area contributed by atoms with Gasteiger partial charge in [0, 0.05) is 13.2 Å². The maximum atomic E-state index is 15.0. The fourth-order valence-electron chi connectivity index (χ4n) is 6.83. The SMILES string of the molecule is CCOCC1CCC(c2ccc(C3=CCC(c4ccc(C5CCC(O)CC5)c(F)c4)CC3)cc2)CC1. The molecule has 2 saturated carbocycles. The first-order chi connectivity index (χ1) is 17.6. The van der Waals surface area contributed by atoms with Crippen LogP contribution >= 0.6 is 0 Å². The first kappa shape index (κ1) is 25.7. The smallest absolute Gasteiger partial charge is 0.126 e. The molecule has 3 aliphatic carbocycles. The Kier molecular flexibility index (Phi) is 8.59. The van der Waals surface area contributed by atoms with E-state index in [1.807, 2.05) is 6.07 Å². The van der Waals surface area contributed by atoms with Crippen molar-refractivity contribution >= 4 is 5.57 Å². The van der Waals surface area contributed by atoms with Crippen molar-refractivity contribution in [3.05, 3.63) is 76.6 Å². The Morgan fingerprint density at radius 3 is 2.14 bits per heavy atom. The van der Waals surface area contributed by atoms with E-state index in [9.17, 15) is 5.11 Å². The molecule has 2 aromatic rings. The summed E-state index contributed by atoms with van der Waals surface area (Å²) in [6.45, 7) is 3.84. The summed E-state index contributed by atoms with van der Waals surface area (Å²) < 4.78 is 20.7. The summed E-state index contributed by atoms with van der Waals surface area (Å²) in [5.41, 5.74) is 6.27. The Hall–Kier alpha value is -1.97. The van der Waals surface area contributed by atoms with Crippen molar-refractivity contribution in [2.45, 2.75) is 101 Å². The Morgan fingerprint density at radius 1 is 0.806 bits per heavy atom. The van der Waals surface area contributed by atoms with Crippen LogP contribution in [0.2, 0.25) is 0 Å². The van der Waals surface area contributed by atoms with Crippen LogP contribution in [0.3, 0.4) is 0 Å². The molecule has 3 heteroatoms. The normalized spacial score (nSPS) is 29.1. The van der Waals surface area contributed by atoms with E-state index >= 15 is 4.39 Å². The minimum atomic E-state index is -0.200. The Balaban J connectivity index is 1.16. The Bertz CT molecular complexity index is 1010. The third-order valence-corrected chi connectivity index (χ3v) is 9.20. The van der Waals surface area contributed by atoms with Crippen LogP contribution < -0.4 is 0 Å². The second-order valence-corrected chi connectivity index (χ2v) is 11.5. The van der Waals surface area contributed by atoms with Gasteiger partial charge < -0.3 is 9.84 Å². The van der Waals surface area contributed by atoms with Crippen molar-refractivity contribution < 1.29 is 14.2 Å². The van der Waals surface area contributed by atoms with Gasteiger partial charge in [-0.05, 0) is 135 Å². The molecule has 2 nitrogen and oxygen atoms in total. The molecule has 0 aliphatic heterocycles. The zero-order valence-corrected chi connectivity index (χ0v) is 21.9. The van der Waals surface area contributed by atoms with Crippen LogP contribution in [0.15, 0.2) is 48.5 Å². The molecule has 5 rings (SSSR count). The molecule has 0 bridgehead atoms. The van der Waals surface area contributed by atoms with E-state index in [1.165, 1.54) is 42.4 Å². The molecule has 194 valence electrons. The molecular weight excluding hydrogens is 447 g/mol. The molecule has 0 heterocycles. The van der Waals surface area contributed by atoms with Gasteiger partial charge in [-0.25, -0.2) is 4.39 Å². The number of ether oxygens (including phenoxy) is 1. The van der Waals surface area contributed by atoms with Gasteiger partial charge in [0.1, 0.15) is 5.82 Å². The maximum absolute atomic E-state index is 15.0. The number of aliphatic hydroxyl groups is 1. The van der Waals surface area contributed by atoms with Gasteiger partial charge in [0.05, 0.1) is 6.10 Å². The Labute approximate surface area is 217 Å². The third-order valence-electron chi connectivity index (χ3n) is 9.20. The lowest BCUT2D eigenvalue weighted by atomic mass is 9.78. The van der Waals surface area contributed by atoms with Gasteiger partial charge in [0.2, 0.25) is 0 Å². The summed E-state index contributed by atoms with van der Waals surface area (Å²) in [7, 11) is 0. The molecule has 36 heavy (non-hydrogen) atoms. The third kappa shape index (κ3) is 6.11. The van der Waals surface area contributed by atoms with Gasteiger partial charge in [0.25, 0.3) is 0 Å². The summed E-state index contributed by atoms with van der Waals surface area (Å²) in [4.78, 5) is 0. The topological polar surface area (TPSA) is 29.5 Å². The number of hydrogen-bond acceptors (Lipinski definition) is 2. The van der Waals surface area contributed by atoms with E-state index in [4.69, 9.17) is 4.74 Å². The summed E-state index contributed by atoms with van der Waals surface area (Å²) in [6.07, 6.45) is 13.8. The molecular formula is C33H43FO2. The summed E-state index contributed by atoms with van der Waals surface area (Å²) in [5.74, 6) is 2.04. The number of rotatable bonds is 7. The predicted octanol–water partition coefficient (Wildman–Crippen LogP) is 8.51. The van der Waals surface area contributed by atoms with Crippen LogP contribution in [-0.4, -0.2) is 24.4 Å². The first-order valence-electron chi connectivity index (χ1n) is 14.4. The molecule has 0 spiro atoms.